The van der Waals surface area contributed by atoms with E-state index in [0.29, 0.717) is 6.42 Å². The summed E-state index contributed by atoms with van der Waals surface area (Å²) in [6.07, 6.45) is 0.518. The van der Waals surface area contributed by atoms with Crippen molar-refractivity contribution in [1.29, 1.82) is 0 Å². The third-order valence-corrected chi connectivity index (χ3v) is 4.00. The van der Waals surface area contributed by atoms with Gasteiger partial charge in [0.2, 0.25) is 0 Å². The molecular weight excluding hydrogens is 367 g/mol. The van der Waals surface area contributed by atoms with E-state index in [1.54, 1.807) is 0 Å². The molecule has 0 aliphatic rings. The van der Waals surface area contributed by atoms with Crippen molar-refractivity contribution >= 4 is 23.7 Å². The molecule has 0 heterocycles. The van der Waals surface area contributed by atoms with Gasteiger partial charge in [0, 0.05) is 12.5 Å². The SMILES string of the molecule is COC(=O)c1ccc(F)cc1NC(=O)NC(CCC(=O)O)Cc1ccccc1. The number of hydrogen-bond acceptors (Lipinski definition) is 4. The Morgan fingerprint density at radius 1 is 1.14 bits per heavy atom. The molecule has 1 atom stereocenters. The lowest BCUT2D eigenvalue weighted by Gasteiger charge is -2.19. The minimum atomic E-state index is -0.974. The van der Waals surface area contributed by atoms with E-state index in [1.807, 2.05) is 30.3 Å². The third kappa shape index (κ3) is 6.39. The van der Waals surface area contributed by atoms with Gasteiger partial charge in [0.1, 0.15) is 5.82 Å². The molecule has 0 aromatic heterocycles. The van der Waals surface area contributed by atoms with E-state index in [-0.39, 0.29) is 24.1 Å². The fraction of sp³-hybridized carbons (Fsp3) is 0.250. The van der Waals surface area contributed by atoms with Crippen LogP contribution in [0, 0.1) is 5.82 Å². The van der Waals surface area contributed by atoms with E-state index >= 15 is 0 Å². The van der Waals surface area contributed by atoms with Gasteiger partial charge in [-0.25, -0.2) is 14.0 Å². The van der Waals surface area contributed by atoms with Crippen LogP contribution in [0.5, 0.6) is 0 Å². The molecule has 0 radical (unpaired) electrons. The maximum atomic E-state index is 13.5. The number of methoxy groups -OCH3 is 1. The Morgan fingerprint density at radius 2 is 1.86 bits per heavy atom. The van der Waals surface area contributed by atoms with E-state index in [0.717, 1.165) is 17.7 Å². The van der Waals surface area contributed by atoms with Crippen molar-refractivity contribution in [3.8, 4) is 0 Å². The van der Waals surface area contributed by atoms with Crippen LogP contribution in [-0.2, 0) is 16.0 Å². The molecule has 0 saturated heterocycles. The Bertz CT molecular complexity index is 842. The predicted octanol–water partition coefficient (Wildman–Crippen LogP) is 3.21. The van der Waals surface area contributed by atoms with Crippen LogP contribution in [0.3, 0.4) is 0 Å². The van der Waals surface area contributed by atoms with Gasteiger partial charge < -0.3 is 20.5 Å². The molecule has 0 saturated carbocycles. The summed E-state index contributed by atoms with van der Waals surface area (Å²) in [6.45, 7) is 0. The van der Waals surface area contributed by atoms with Gasteiger partial charge in [-0.15, -0.1) is 0 Å². The van der Waals surface area contributed by atoms with Crippen LogP contribution in [0.25, 0.3) is 0 Å². The minimum Gasteiger partial charge on any atom is -0.481 e. The highest BCUT2D eigenvalue weighted by Gasteiger charge is 2.18. The molecule has 2 amide bonds. The topological polar surface area (TPSA) is 105 Å². The van der Waals surface area contributed by atoms with Gasteiger partial charge in [0.25, 0.3) is 0 Å². The number of amides is 2. The van der Waals surface area contributed by atoms with Crippen molar-refractivity contribution in [3.63, 3.8) is 0 Å². The molecule has 0 fully saturated rings. The molecule has 2 rings (SSSR count). The summed E-state index contributed by atoms with van der Waals surface area (Å²) in [7, 11) is 1.18. The third-order valence-electron chi connectivity index (χ3n) is 4.00. The van der Waals surface area contributed by atoms with Crippen molar-refractivity contribution in [2.24, 2.45) is 0 Å². The molecule has 0 aliphatic heterocycles. The van der Waals surface area contributed by atoms with Crippen molar-refractivity contribution in [2.75, 3.05) is 12.4 Å². The number of esters is 1. The monoisotopic (exact) mass is 388 g/mol. The fourth-order valence-corrected chi connectivity index (χ4v) is 2.67. The number of carbonyl (C=O) groups excluding carboxylic acids is 2. The van der Waals surface area contributed by atoms with Crippen LogP contribution in [0.2, 0.25) is 0 Å². The Kier molecular flexibility index (Phi) is 7.50. The number of carboxylic acids is 1. The van der Waals surface area contributed by atoms with Crippen LogP contribution >= 0.6 is 0 Å². The zero-order valence-electron chi connectivity index (χ0n) is 15.3. The number of urea groups is 1. The fourth-order valence-electron chi connectivity index (χ4n) is 2.67. The van der Waals surface area contributed by atoms with E-state index in [1.165, 1.54) is 13.2 Å². The van der Waals surface area contributed by atoms with E-state index in [9.17, 15) is 18.8 Å². The number of halogens is 1. The number of carboxylic acid groups (broad SMARTS) is 1. The standard InChI is InChI=1S/C20H21FN2O5/c1-28-19(26)16-9-7-14(21)12-17(16)23-20(27)22-15(8-10-18(24)25)11-13-5-3-2-4-6-13/h2-7,9,12,15H,8,10-11H2,1H3,(H,24,25)(H2,22,23,27). The van der Waals surface area contributed by atoms with E-state index < -0.39 is 29.8 Å². The first-order valence-electron chi connectivity index (χ1n) is 8.60. The maximum Gasteiger partial charge on any atom is 0.339 e. The molecule has 28 heavy (non-hydrogen) atoms. The molecule has 2 aromatic carbocycles. The number of nitrogens with one attached hydrogen (secondary N) is 2. The maximum absolute atomic E-state index is 13.5. The smallest absolute Gasteiger partial charge is 0.339 e. The zero-order chi connectivity index (χ0) is 20.5. The zero-order valence-corrected chi connectivity index (χ0v) is 15.3. The van der Waals surface area contributed by atoms with Crippen LogP contribution in [-0.4, -0.2) is 36.2 Å². The van der Waals surface area contributed by atoms with E-state index in [2.05, 4.69) is 15.4 Å². The Labute approximate surface area is 161 Å². The molecule has 148 valence electrons. The van der Waals surface area contributed by atoms with Crippen LogP contribution in [0.1, 0.15) is 28.8 Å². The molecule has 0 spiro atoms. The van der Waals surface area contributed by atoms with Gasteiger partial charge >= 0.3 is 18.0 Å². The first-order valence-corrected chi connectivity index (χ1v) is 8.60. The molecule has 8 heteroatoms. The lowest BCUT2D eigenvalue weighted by Crippen LogP contribution is -2.40. The molecule has 3 N–H and O–H groups in total. The lowest BCUT2D eigenvalue weighted by molar-refractivity contribution is -0.137. The summed E-state index contributed by atoms with van der Waals surface area (Å²) >= 11 is 0. The lowest BCUT2D eigenvalue weighted by atomic mass is 10.0. The molecule has 1 unspecified atom stereocenters. The van der Waals surface area contributed by atoms with E-state index in [4.69, 9.17) is 5.11 Å². The summed E-state index contributed by atoms with van der Waals surface area (Å²) in [6, 6.07) is 11.4. The Morgan fingerprint density at radius 3 is 2.50 bits per heavy atom. The normalized spacial score (nSPS) is 11.4. The number of ether oxygens (including phenoxy) is 1. The predicted molar refractivity (Wildman–Crippen MR) is 101 cm³/mol. The largest absolute Gasteiger partial charge is 0.481 e. The van der Waals surface area contributed by atoms with Crippen molar-refractivity contribution in [1.82, 2.24) is 5.32 Å². The van der Waals surface area contributed by atoms with Crippen molar-refractivity contribution < 1.29 is 28.6 Å². The van der Waals surface area contributed by atoms with Crippen LogP contribution in [0.4, 0.5) is 14.9 Å². The summed E-state index contributed by atoms with van der Waals surface area (Å²) in [4.78, 5) is 35.1. The average molecular weight is 388 g/mol. The molecular formula is C20H21FN2O5. The van der Waals surface area contributed by atoms with Crippen LogP contribution in [0.15, 0.2) is 48.5 Å². The quantitative estimate of drug-likeness (QED) is 0.603. The second-order valence-corrected chi connectivity index (χ2v) is 6.10. The Balaban J connectivity index is 2.11. The average Bonchev–Trinajstić information content (AvgIpc) is 2.66. The van der Waals surface area contributed by atoms with Gasteiger partial charge in [-0.2, -0.15) is 0 Å². The first kappa shape index (κ1) is 20.9. The number of rotatable bonds is 8. The number of anilines is 1. The van der Waals surface area contributed by atoms with Crippen molar-refractivity contribution in [3.05, 3.63) is 65.5 Å². The highest BCUT2D eigenvalue weighted by Crippen LogP contribution is 2.18. The summed E-state index contributed by atoms with van der Waals surface area (Å²) < 4.78 is 18.2. The van der Waals surface area contributed by atoms with Gasteiger partial charge in [0.15, 0.2) is 0 Å². The molecule has 2 aromatic rings. The van der Waals surface area contributed by atoms with Gasteiger partial charge in [-0.05, 0) is 36.6 Å². The highest BCUT2D eigenvalue weighted by molar-refractivity contribution is 6.00. The summed E-state index contributed by atoms with van der Waals surface area (Å²) in [5.74, 6) is -2.32. The van der Waals surface area contributed by atoms with Gasteiger partial charge in [0.05, 0.1) is 18.4 Å². The molecule has 7 nitrogen and oxygen atoms in total. The second-order valence-electron chi connectivity index (χ2n) is 6.10. The van der Waals surface area contributed by atoms with Gasteiger partial charge in [-0.3, -0.25) is 4.79 Å². The Hall–Kier alpha value is -3.42. The number of carbonyl (C=O) groups is 3. The van der Waals surface area contributed by atoms with Crippen LogP contribution < -0.4 is 10.6 Å². The van der Waals surface area contributed by atoms with Crippen molar-refractivity contribution in [2.45, 2.75) is 25.3 Å². The van der Waals surface area contributed by atoms with Gasteiger partial charge in [-0.1, -0.05) is 30.3 Å². The number of hydrogen-bond donors (Lipinski definition) is 3. The highest BCUT2D eigenvalue weighted by atomic mass is 19.1. The minimum absolute atomic E-state index is 0.00388. The number of benzene rings is 2. The summed E-state index contributed by atoms with van der Waals surface area (Å²) in [5.41, 5.74) is 0.893. The second kappa shape index (κ2) is 10.1. The number of aliphatic carboxylic acids is 1. The molecule has 0 bridgehead atoms. The summed E-state index contributed by atoms with van der Waals surface area (Å²) in [5, 5.41) is 14.0. The first-order chi connectivity index (χ1) is 13.4. The molecule has 0 aliphatic carbocycles.